The van der Waals surface area contributed by atoms with E-state index in [1.807, 2.05) is 0 Å². The lowest BCUT2D eigenvalue weighted by atomic mass is 10.3. The maximum Gasteiger partial charge on any atom is 0.347 e. The number of nitrogens with zero attached hydrogens (tertiary/aromatic N) is 5. The van der Waals surface area contributed by atoms with Crippen molar-refractivity contribution in [1.29, 1.82) is 0 Å². The zero-order valence-corrected chi connectivity index (χ0v) is 16.3. The second kappa shape index (κ2) is 8.56. The Kier molecular flexibility index (Phi) is 5.93. The fourth-order valence-corrected chi connectivity index (χ4v) is 3.21. The van der Waals surface area contributed by atoms with Gasteiger partial charge < -0.3 is 14.9 Å². The highest BCUT2D eigenvalue weighted by atomic mass is 32.1. The monoisotopic (exact) mass is 416 g/mol. The van der Waals surface area contributed by atoms with Gasteiger partial charge in [0.2, 0.25) is 24.0 Å². The van der Waals surface area contributed by atoms with E-state index in [2.05, 4.69) is 25.4 Å². The summed E-state index contributed by atoms with van der Waals surface area (Å²) in [6.45, 7) is 3.26. The Morgan fingerprint density at radius 1 is 1.28 bits per heavy atom. The number of anilines is 2. The topological polar surface area (TPSA) is 151 Å². The van der Waals surface area contributed by atoms with Crippen LogP contribution >= 0.6 is 11.3 Å². The van der Waals surface area contributed by atoms with Crippen molar-refractivity contribution < 1.29 is 24.0 Å². The number of carbonyl (C=O) groups excluding carboxylic acids is 2. The highest BCUT2D eigenvalue weighted by molar-refractivity contribution is 7.17. The molecule has 150 valence electrons. The molecule has 0 radical (unpaired) electrons. The summed E-state index contributed by atoms with van der Waals surface area (Å²) in [6.07, 6.45) is 0.532. The average Bonchev–Trinajstić information content (AvgIpc) is 3.28. The van der Waals surface area contributed by atoms with Crippen LogP contribution in [0.1, 0.15) is 27.7 Å². The number of rotatable bonds is 8. The summed E-state index contributed by atoms with van der Waals surface area (Å²) in [4.78, 5) is 48.5. The van der Waals surface area contributed by atoms with Crippen LogP contribution in [0.4, 0.5) is 10.9 Å². The van der Waals surface area contributed by atoms with Crippen molar-refractivity contribution in [3.8, 4) is 11.5 Å². The Morgan fingerprint density at radius 2 is 2.07 bits per heavy atom. The number of carboxylic acid groups (broad SMARTS) is 1. The Morgan fingerprint density at radius 3 is 2.69 bits per heavy atom. The summed E-state index contributed by atoms with van der Waals surface area (Å²) in [5.41, 5.74) is 0.750. The molecule has 29 heavy (non-hydrogen) atoms. The Balaban J connectivity index is 1.64. The number of carbonyl (C=O) groups is 3. The van der Waals surface area contributed by atoms with Crippen molar-refractivity contribution in [2.75, 3.05) is 16.8 Å². The van der Waals surface area contributed by atoms with Gasteiger partial charge in [0.1, 0.15) is 16.4 Å². The van der Waals surface area contributed by atoms with Crippen molar-refractivity contribution >= 4 is 40.6 Å². The zero-order chi connectivity index (χ0) is 21.0. The number of aromatic nitrogens is 4. The normalized spacial score (nSPS) is 10.6. The minimum atomic E-state index is -1.10. The van der Waals surface area contributed by atoms with Crippen molar-refractivity contribution in [1.82, 2.24) is 20.1 Å². The van der Waals surface area contributed by atoms with Gasteiger partial charge in [-0.3, -0.25) is 14.5 Å². The fraction of sp³-hybridized carbons (Fsp3) is 0.235. The van der Waals surface area contributed by atoms with E-state index in [0.29, 0.717) is 35.3 Å². The van der Waals surface area contributed by atoms with Gasteiger partial charge in [0.15, 0.2) is 5.13 Å². The Bertz CT molecular complexity index is 1060. The lowest BCUT2D eigenvalue weighted by Crippen LogP contribution is -2.27. The molecule has 0 aromatic carbocycles. The van der Waals surface area contributed by atoms with E-state index in [0.717, 1.165) is 11.3 Å². The molecule has 0 spiro atoms. The maximum absolute atomic E-state index is 12.2. The van der Waals surface area contributed by atoms with Crippen molar-refractivity contribution in [3.63, 3.8) is 0 Å². The molecule has 0 fully saturated rings. The SMILES string of the molecule is Cc1nc(-c2cccc(N(C=O)CCC(=O)Nc3nc(C)c(C(=O)O)s3)n2)no1. The number of hydrogen-bond acceptors (Lipinski definition) is 9. The van der Waals surface area contributed by atoms with Crippen molar-refractivity contribution in [2.24, 2.45) is 0 Å². The molecule has 0 bridgehead atoms. The first-order chi connectivity index (χ1) is 13.9. The van der Waals surface area contributed by atoms with E-state index < -0.39 is 11.9 Å². The predicted octanol–water partition coefficient (Wildman–Crippen LogP) is 1.89. The van der Waals surface area contributed by atoms with E-state index >= 15 is 0 Å². The summed E-state index contributed by atoms with van der Waals surface area (Å²) in [5.74, 6) is -0.505. The highest BCUT2D eigenvalue weighted by Gasteiger charge is 2.17. The second-order valence-corrected chi connectivity index (χ2v) is 6.85. The number of aryl methyl sites for hydroxylation is 2. The number of amides is 2. The smallest absolute Gasteiger partial charge is 0.347 e. The van der Waals surface area contributed by atoms with Gasteiger partial charge in [-0.25, -0.2) is 14.8 Å². The van der Waals surface area contributed by atoms with E-state index in [9.17, 15) is 14.4 Å². The fourth-order valence-electron chi connectivity index (χ4n) is 2.38. The van der Waals surface area contributed by atoms with Crippen LogP contribution in [-0.4, -0.2) is 50.0 Å². The molecule has 3 aromatic rings. The van der Waals surface area contributed by atoms with Crippen LogP contribution < -0.4 is 10.2 Å². The van der Waals surface area contributed by atoms with E-state index in [4.69, 9.17) is 9.63 Å². The largest absolute Gasteiger partial charge is 0.477 e. The number of carboxylic acids is 1. The van der Waals surface area contributed by atoms with Crippen LogP contribution in [-0.2, 0) is 9.59 Å². The first-order valence-electron chi connectivity index (χ1n) is 8.37. The molecule has 12 heteroatoms. The molecule has 0 aliphatic carbocycles. The molecular weight excluding hydrogens is 400 g/mol. The lowest BCUT2D eigenvalue weighted by molar-refractivity contribution is -0.116. The van der Waals surface area contributed by atoms with E-state index in [1.54, 1.807) is 32.0 Å². The Hall–Kier alpha value is -3.67. The molecule has 0 unspecified atom stereocenters. The third kappa shape index (κ3) is 4.79. The van der Waals surface area contributed by atoms with E-state index in [-0.39, 0.29) is 23.0 Å². The third-order valence-electron chi connectivity index (χ3n) is 3.73. The standard InChI is InChI=1S/C17H16N6O5S/c1-9-14(16(26)27)29-17(18-9)21-13(25)6-7-23(8-24)12-5-3-4-11(20-12)15-19-10(2)28-22-15/h3-5,8H,6-7H2,1-2H3,(H,26,27)(H,18,21,25). The van der Waals surface area contributed by atoms with Gasteiger partial charge in [-0.2, -0.15) is 4.98 Å². The summed E-state index contributed by atoms with van der Waals surface area (Å²) in [7, 11) is 0. The van der Waals surface area contributed by atoms with Crippen molar-refractivity contribution in [2.45, 2.75) is 20.3 Å². The minimum absolute atomic E-state index is 0.0347. The number of aromatic carboxylic acids is 1. The molecule has 0 atom stereocenters. The molecule has 2 amide bonds. The van der Waals surface area contributed by atoms with Crippen LogP contribution in [0, 0.1) is 13.8 Å². The van der Waals surface area contributed by atoms with Crippen LogP contribution in [0.15, 0.2) is 22.7 Å². The number of nitrogens with one attached hydrogen (secondary N) is 1. The first kappa shape index (κ1) is 20.1. The molecule has 3 heterocycles. The predicted molar refractivity (Wildman–Crippen MR) is 103 cm³/mol. The van der Waals surface area contributed by atoms with Gasteiger partial charge in [-0.1, -0.05) is 22.6 Å². The van der Waals surface area contributed by atoms with Gasteiger partial charge in [-0.15, -0.1) is 0 Å². The van der Waals surface area contributed by atoms with Gasteiger partial charge >= 0.3 is 5.97 Å². The summed E-state index contributed by atoms with van der Waals surface area (Å²) in [5, 5.41) is 15.6. The molecule has 0 aliphatic heterocycles. The summed E-state index contributed by atoms with van der Waals surface area (Å²) in [6, 6.07) is 4.98. The minimum Gasteiger partial charge on any atom is -0.477 e. The number of thiazole rings is 1. The highest BCUT2D eigenvalue weighted by Crippen LogP contribution is 2.23. The van der Waals surface area contributed by atoms with Crippen LogP contribution in [0.5, 0.6) is 0 Å². The summed E-state index contributed by atoms with van der Waals surface area (Å²) >= 11 is 0.873. The van der Waals surface area contributed by atoms with Crippen LogP contribution in [0.3, 0.4) is 0 Å². The van der Waals surface area contributed by atoms with Gasteiger partial charge in [0.25, 0.3) is 0 Å². The molecule has 3 aromatic heterocycles. The lowest BCUT2D eigenvalue weighted by Gasteiger charge is -2.16. The first-order valence-corrected chi connectivity index (χ1v) is 9.19. The molecule has 0 aliphatic rings. The van der Waals surface area contributed by atoms with Crippen LogP contribution in [0.25, 0.3) is 11.5 Å². The molecule has 0 saturated carbocycles. The van der Waals surface area contributed by atoms with Gasteiger partial charge in [0.05, 0.1) is 5.69 Å². The molecule has 2 N–H and O–H groups in total. The molecular formula is C17H16N6O5S. The second-order valence-electron chi connectivity index (χ2n) is 5.85. The van der Waals surface area contributed by atoms with E-state index in [1.165, 1.54) is 4.90 Å². The quantitative estimate of drug-likeness (QED) is 0.524. The van der Waals surface area contributed by atoms with Crippen molar-refractivity contribution in [3.05, 3.63) is 34.7 Å². The summed E-state index contributed by atoms with van der Waals surface area (Å²) < 4.78 is 4.93. The maximum atomic E-state index is 12.2. The Labute approximate surface area is 168 Å². The number of pyridine rings is 1. The van der Waals surface area contributed by atoms with Gasteiger partial charge in [-0.05, 0) is 19.1 Å². The molecule has 3 rings (SSSR count). The molecule has 0 saturated heterocycles. The average molecular weight is 416 g/mol. The third-order valence-corrected chi connectivity index (χ3v) is 4.79. The van der Waals surface area contributed by atoms with Gasteiger partial charge in [0, 0.05) is 19.9 Å². The molecule has 11 nitrogen and oxygen atoms in total. The number of hydrogen-bond donors (Lipinski definition) is 2. The van der Waals surface area contributed by atoms with Crippen LogP contribution in [0.2, 0.25) is 0 Å². The zero-order valence-electron chi connectivity index (χ0n) is 15.4.